The molecule has 0 aliphatic rings. The molecule has 0 aliphatic carbocycles. The number of Topliss-reactive ketones (excluding diaryl/α,β-unsaturated/α-hetero) is 1. The largest absolute Gasteiger partial charge is 0.497 e. The number of methoxy groups -OCH3 is 2. The number of fused-ring (bicyclic) bond motifs is 1. The van der Waals surface area contributed by atoms with Gasteiger partial charge in [-0.2, -0.15) is 0 Å². The van der Waals surface area contributed by atoms with Crippen molar-refractivity contribution in [3.05, 3.63) is 30.0 Å². The molecular formula is C13H15NO3. The smallest absolute Gasteiger partial charge is 0.161 e. The summed E-state index contributed by atoms with van der Waals surface area (Å²) >= 11 is 0. The number of ketones is 1. The van der Waals surface area contributed by atoms with Gasteiger partial charge >= 0.3 is 0 Å². The molecular weight excluding hydrogens is 218 g/mol. The molecule has 0 amide bonds. The Morgan fingerprint density at radius 1 is 1.35 bits per heavy atom. The SMILES string of the molecule is COCn1cc(C(C)=O)c2cc(OC)ccc21. The van der Waals surface area contributed by atoms with Gasteiger partial charge in [0, 0.05) is 24.3 Å². The lowest BCUT2D eigenvalue weighted by atomic mass is 10.1. The van der Waals surface area contributed by atoms with Crippen molar-refractivity contribution in [1.82, 2.24) is 4.57 Å². The number of benzene rings is 1. The molecule has 4 heteroatoms. The van der Waals surface area contributed by atoms with Crippen molar-refractivity contribution in [2.75, 3.05) is 14.2 Å². The van der Waals surface area contributed by atoms with E-state index in [1.807, 2.05) is 29.0 Å². The van der Waals surface area contributed by atoms with E-state index < -0.39 is 0 Å². The molecule has 1 aromatic heterocycles. The van der Waals surface area contributed by atoms with Gasteiger partial charge in [-0.25, -0.2) is 0 Å². The summed E-state index contributed by atoms with van der Waals surface area (Å²) in [5.41, 5.74) is 1.66. The first-order chi connectivity index (χ1) is 8.17. The molecule has 0 spiro atoms. The summed E-state index contributed by atoms with van der Waals surface area (Å²) in [6.45, 7) is 1.99. The molecule has 0 unspecified atom stereocenters. The first-order valence-corrected chi connectivity index (χ1v) is 5.34. The highest BCUT2D eigenvalue weighted by atomic mass is 16.5. The van der Waals surface area contributed by atoms with Crippen molar-refractivity contribution in [2.45, 2.75) is 13.7 Å². The third kappa shape index (κ3) is 2.03. The zero-order valence-electron chi connectivity index (χ0n) is 10.2. The molecule has 0 aliphatic heterocycles. The highest BCUT2D eigenvalue weighted by Gasteiger charge is 2.12. The molecule has 0 bridgehead atoms. The second-order valence-electron chi connectivity index (χ2n) is 3.87. The van der Waals surface area contributed by atoms with E-state index in [1.165, 1.54) is 0 Å². The molecule has 2 aromatic rings. The molecule has 0 fully saturated rings. The van der Waals surface area contributed by atoms with Gasteiger partial charge in [0.1, 0.15) is 12.5 Å². The summed E-state index contributed by atoms with van der Waals surface area (Å²) in [7, 11) is 3.24. The van der Waals surface area contributed by atoms with Gasteiger partial charge in [0.25, 0.3) is 0 Å². The van der Waals surface area contributed by atoms with Gasteiger partial charge in [-0.3, -0.25) is 4.79 Å². The second-order valence-corrected chi connectivity index (χ2v) is 3.87. The molecule has 0 atom stereocenters. The predicted molar refractivity (Wildman–Crippen MR) is 65.5 cm³/mol. The maximum atomic E-state index is 11.6. The quantitative estimate of drug-likeness (QED) is 0.761. The van der Waals surface area contributed by atoms with Crippen LogP contribution in [0.2, 0.25) is 0 Å². The van der Waals surface area contributed by atoms with E-state index >= 15 is 0 Å². The fourth-order valence-electron chi connectivity index (χ4n) is 1.93. The Balaban J connectivity index is 2.67. The van der Waals surface area contributed by atoms with Gasteiger partial charge in [-0.05, 0) is 25.1 Å². The Morgan fingerprint density at radius 3 is 2.71 bits per heavy atom. The lowest BCUT2D eigenvalue weighted by Crippen LogP contribution is -1.97. The Kier molecular flexibility index (Phi) is 3.15. The lowest BCUT2D eigenvalue weighted by molar-refractivity contribution is 0.101. The van der Waals surface area contributed by atoms with Crippen molar-refractivity contribution < 1.29 is 14.3 Å². The molecule has 1 aromatic carbocycles. The van der Waals surface area contributed by atoms with Gasteiger partial charge in [0.2, 0.25) is 0 Å². The van der Waals surface area contributed by atoms with Crippen LogP contribution in [0, 0.1) is 0 Å². The number of nitrogens with zero attached hydrogens (tertiary/aromatic N) is 1. The summed E-state index contributed by atoms with van der Waals surface area (Å²) in [6.07, 6.45) is 1.82. The molecule has 0 saturated heterocycles. The minimum atomic E-state index is 0.0399. The Morgan fingerprint density at radius 2 is 2.12 bits per heavy atom. The maximum Gasteiger partial charge on any atom is 0.161 e. The number of aromatic nitrogens is 1. The first kappa shape index (κ1) is 11.7. The Labute approximate surface area is 99.7 Å². The number of hydrogen-bond donors (Lipinski definition) is 0. The van der Waals surface area contributed by atoms with Crippen LogP contribution in [0.4, 0.5) is 0 Å². The van der Waals surface area contributed by atoms with Crippen LogP contribution >= 0.6 is 0 Å². The highest BCUT2D eigenvalue weighted by Crippen LogP contribution is 2.26. The summed E-state index contributed by atoms with van der Waals surface area (Å²) in [5, 5.41) is 0.897. The summed E-state index contributed by atoms with van der Waals surface area (Å²) < 4.78 is 12.2. The number of carbonyl (C=O) groups is 1. The van der Waals surface area contributed by atoms with Gasteiger partial charge in [-0.15, -0.1) is 0 Å². The Hall–Kier alpha value is -1.81. The normalized spacial score (nSPS) is 10.8. The fourth-order valence-corrected chi connectivity index (χ4v) is 1.93. The highest BCUT2D eigenvalue weighted by molar-refractivity contribution is 6.07. The minimum Gasteiger partial charge on any atom is -0.497 e. The van der Waals surface area contributed by atoms with E-state index in [-0.39, 0.29) is 5.78 Å². The van der Waals surface area contributed by atoms with E-state index in [2.05, 4.69) is 0 Å². The molecule has 1 heterocycles. The van der Waals surface area contributed by atoms with Gasteiger partial charge < -0.3 is 14.0 Å². The van der Waals surface area contributed by atoms with Crippen LogP contribution in [0.1, 0.15) is 17.3 Å². The summed E-state index contributed by atoms with van der Waals surface area (Å²) in [5.74, 6) is 0.785. The number of hydrogen-bond acceptors (Lipinski definition) is 3. The molecule has 0 radical (unpaired) electrons. The number of carbonyl (C=O) groups excluding carboxylic acids is 1. The number of rotatable bonds is 4. The number of ether oxygens (including phenoxy) is 2. The third-order valence-corrected chi connectivity index (χ3v) is 2.74. The van der Waals surface area contributed by atoms with Crippen LogP contribution in [0.5, 0.6) is 5.75 Å². The van der Waals surface area contributed by atoms with Crippen molar-refractivity contribution in [3.8, 4) is 5.75 Å². The minimum absolute atomic E-state index is 0.0399. The van der Waals surface area contributed by atoms with Crippen molar-refractivity contribution >= 4 is 16.7 Å². The standard InChI is InChI=1S/C13H15NO3/c1-9(15)12-7-14(8-16-2)13-5-4-10(17-3)6-11(12)13/h4-7H,8H2,1-3H3. The topological polar surface area (TPSA) is 40.5 Å². The molecule has 2 rings (SSSR count). The van der Waals surface area contributed by atoms with Crippen LogP contribution in [0.25, 0.3) is 10.9 Å². The molecule has 17 heavy (non-hydrogen) atoms. The maximum absolute atomic E-state index is 11.6. The van der Waals surface area contributed by atoms with Crippen molar-refractivity contribution in [1.29, 1.82) is 0 Å². The second kappa shape index (κ2) is 4.59. The zero-order chi connectivity index (χ0) is 12.4. The zero-order valence-corrected chi connectivity index (χ0v) is 10.2. The van der Waals surface area contributed by atoms with E-state index in [0.29, 0.717) is 12.3 Å². The van der Waals surface area contributed by atoms with E-state index in [0.717, 1.165) is 16.7 Å². The van der Waals surface area contributed by atoms with Gasteiger partial charge in [-0.1, -0.05) is 0 Å². The van der Waals surface area contributed by atoms with Crippen LogP contribution in [0.15, 0.2) is 24.4 Å². The molecule has 0 N–H and O–H groups in total. The van der Waals surface area contributed by atoms with Crippen LogP contribution in [0.3, 0.4) is 0 Å². The third-order valence-electron chi connectivity index (χ3n) is 2.74. The van der Waals surface area contributed by atoms with Crippen LogP contribution in [-0.2, 0) is 11.5 Å². The van der Waals surface area contributed by atoms with Crippen molar-refractivity contribution in [2.24, 2.45) is 0 Å². The molecule has 4 nitrogen and oxygen atoms in total. The first-order valence-electron chi connectivity index (χ1n) is 5.34. The summed E-state index contributed by atoms with van der Waals surface area (Å²) in [6, 6.07) is 5.68. The van der Waals surface area contributed by atoms with E-state index in [4.69, 9.17) is 9.47 Å². The van der Waals surface area contributed by atoms with E-state index in [9.17, 15) is 4.79 Å². The molecule has 0 saturated carbocycles. The predicted octanol–water partition coefficient (Wildman–Crippen LogP) is 2.46. The fraction of sp³-hybridized carbons (Fsp3) is 0.308. The Bertz CT molecular complexity index is 557. The van der Waals surface area contributed by atoms with Crippen molar-refractivity contribution in [3.63, 3.8) is 0 Å². The molecule has 90 valence electrons. The van der Waals surface area contributed by atoms with E-state index in [1.54, 1.807) is 21.1 Å². The summed E-state index contributed by atoms with van der Waals surface area (Å²) in [4.78, 5) is 11.6. The van der Waals surface area contributed by atoms with Gasteiger partial charge in [0.15, 0.2) is 5.78 Å². The van der Waals surface area contributed by atoms with Gasteiger partial charge in [0.05, 0.1) is 12.6 Å². The monoisotopic (exact) mass is 233 g/mol. The van der Waals surface area contributed by atoms with Crippen LogP contribution in [-0.4, -0.2) is 24.6 Å². The van der Waals surface area contributed by atoms with Crippen LogP contribution < -0.4 is 4.74 Å². The lowest BCUT2D eigenvalue weighted by Gasteiger charge is -2.04. The average molecular weight is 233 g/mol. The average Bonchev–Trinajstić information content (AvgIpc) is 2.68.